The third-order valence-corrected chi connectivity index (χ3v) is 4.46. The molecule has 0 unspecified atom stereocenters. The molecular weight excluding hydrogens is 307 g/mol. The number of rotatable bonds is 5. The lowest BCUT2D eigenvalue weighted by Gasteiger charge is -2.34. The summed E-state index contributed by atoms with van der Waals surface area (Å²) in [5.41, 5.74) is 2.02. The summed E-state index contributed by atoms with van der Waals surface area (Å²) < 4.78 is 18.2. The van der Waals surface area contributed by atoms with Gasteiger partial charge in [-0.05, 0) is 35.9 Å². The van der Waals surface area contributed by atoms with Crippen molar-refractivity contribution in [3.8, 4) is 11.5 Å². The van der Waals surface area contributed by atoms with Crippen LogP contribution in [-0.4, -0.2) is 48.2 Å². The molecule has 0 radical (unpaired) electrons. The van der Waals surface area contributed by atoms with Crippen LogP contribution in [0.1, 0.15) is 11.1 Å². The lowest BCUT2D eigenvalue weighted by Crippen LogP contribution is -2.45. The van der Waals surface area contributed by atoms with Crippen molar-refractivity contribution in [3.63, 3.8) is 0 Å². The molecule has 2 aromatic rings. The zero-order chi connectivity index (χ0) is 16.9. The first-order valence-corrected chi connectivity index (χ1v) is 8.19. The van der Waals surface area contributed by atoms with Gasteiger partial charge in [0.1, 0.15) is 17.3 Å². The predicted octanol–water partition coefficient (Wildman–Crippen LogP) is 2.86. The van der Waals surface area contributed by atoms with Gasteiger partial charge < -0.3 is 9.84 Å². The Kier molecular flexibility index (Phi) is 5.33. The first-order chi connectivity index (χ1) is 11.6. The summed E-state index contributed by atoms with van der Waals surface area (Å²) in [6.45, 7) is 5.37. The van der Waals surface area contributed by atoms with Gasteiger partial charge in [0.2, 0.25) is 0 Å². The molecule has 128 valence electrons. The van der Waals surface area contributed by atoms with Crippen molar-refractivity contribution in [1.82, 2.24) is 9.80 Å². The van der Waals surface area contributed by atoms with Gasteiger partial charge >= 0.3 is 0 Å². The highest BCUT2D eigenvalue weighted by Gasteiger charge is 2.18. The molecule has 2 aromatic carbocycles. The maximum Gasteiger partial charge on any atom is 0.123 e. The molecule has 3 rings (SSSR count). The SMILES string of the molecule is COc1ccc(O)c(CN2CCN(Cc3ccc(F)cc3)CC2)c1. The van der Waals surface area contributed by atoms with E-state index in [9.17, 15) is 9.50 Å². The fourth-order valence-corrected chi connectivity index (χ4v) is 3.01. The molecule has 0 bridgehead atoms. The molecule has 1 aliphatic heterocycles. The van der Waals surface area contributed by atoms with Crippen molar-refractivity contribution in [2.75, 3.05) is 33.3 Å². The van der Waals surface area contributed by atoms with Crippen molar-refractivity contribution >= 4 is 0 Å². The Balaban J connectivity index is 1.52. The molecule has 1 aliphatic rings. The standard InChI is InChI=1S/C19H23FN2O2/c1-24-18-6-7-19(23)16(12-18)14-22-10-8-21(9-11-22)13-15-2-4-17(20)5-3-15/h2-7,12,23H,8-11,13-14H2,1H3. The maximum absolute atomic E-state index is 13.0. The molecule has 1 N–H and O–H groups in total. The van der Waals surface area contributed by atoms with Gasteiger partial charge in [0.15, 0.2) is 0 Å². The summed E-state index contributed by atoms with van der Waals surface area (Å²) in [5.74, 6) is 0.879. The van der Waals surface area contributed by atoms with E-state index in [0.29, 0.717) is 12.3 Å². The van der Waals surface area contributed by atoms with E-state index in [1.54, 1.807) is 19.2 Å². The Morgan fingerprint density at radius 1 is 0.958 bits per heavy atom. The zero-order valence-corrected chi connectivity index (χ0v) is 13.9. The second kappa shape index (κ2) is 7.64. The van der Waals surface area contributed by atoms with E-state index in [-0.39, 0.29) is 5.82 Å². The summed E-state index contributed by atoms with van der Waals surface area (Å²) >= 11 is 0. The van der Waals surface area contributed by atoms with Gasteiger partial charge in [-0.3, -0.25) is 9.80 Å². The van der Waals surface area contributed by atoms with Gasteiger partial charge in [-0.15, -0.1) is 0 Å². The molecule has 1 heterocycles. The molecule has 4 nitrogen and oxygen atoms in total. The van der Waals surface area contributed by atoms with Crippen LogP contribution >= 0.6 is 0 Å². The molecule has 0 spiro atoms. The monoisotopic (exact) mass is 330 g/mol. The largest absolute Gasteiger partial charge is 0.508 e. The van der Waals surface area contributed by atoms with Gasteiger partial charge in [-0.1, -0.05) is 12.1 Å². The van der Waals surface area contributed by atoms with E-state index in [0.717, 1.165) is 49.6 Å². The van der Waals surface area contributed by atoms with E-state index in [1.165, 1.54) is 12.1 Å². The number of hydrogen-bond donors (Lipinski definition) is 1. The van der Waals surface area contributed by atoms with Crippen molar-refractivity contribution < 1.29 is 14.2 Å². The molecule has 5 heteroatoms. The number of hydrogen-bond acceptors (Lipinski definition) is 4. The minimum atomic E-state index is -0.193. The molecule has 0 saturated carbocycles. The van der Waals surface area contributed by atoms with Gasteiger partial charge in [0, 0.05) is 44.8 Å². The molecule has 1 saturated heterocycles. The fourth-order valence-electron chi connectivity index (χ4n) is 3.01. The topological polar surface area (TPSA) is 35.9 Å². The Bertz CT molecular complexity index is 668. The Morgan fingerprint density at radius 2 is 1.58 bits per heavy atom. The summed E-state index contributed by atoms with van der Waals surface area (Å²) in [4.78, 5) is 4.70. The van der Waals surface area contributed by atoms with Gasteiger partial charge in [0.05, 0.1) is 7.11 Å². The van der Waals surface area contributed by atoms with Gasteiger partial charge in [0.25, 0.3) is 0 Å². The molecule has 1 fully saturated rings. The minimum absolute atomic E-state index is 0.193. The van der Waals surface area contributed by atoms with Crippen molar-refractivity contribution in [3.05, 3.63) is 59.4 Å². The average Bonchev–Trinajstić information content (AvgIpc) is 2.60. The molecule has 0 atom stereocenters. The number of benzene rings is 2. The Hall–Kier alpha value is -2.11. The number of phenols is 1. The van der Waals surface area contributed by atoms with E-state index in [2.05, 4.69) is 9.80 Å². The number of nitrogens with zero attached hydrogens (tertiary/aromatic N) is 2. The van der Waals surface area contributed by atoms with Crippen LogP contribution in [0, 0.1) is 5.82 Å². The number of aromatic hydroxyl groups is 1. The third-order valence-electron chi connectivity index (χ3n) is 4.46. The summed E-state index contributed by atoms with van der Waals surface area (Å²) in [7, 11) is 1.63. The number of halogens is 1. The summed E-state index contributed by atoms with van der Waals surface area (Å²) in [6.07, 6.45) is 0. The summed E-state index contributed by atoms with van der Waals surface area (Å²) in [5, 5.41) is 10.0. The smallest absolute Gasteiger partial charge is 0.123 e. The van der Waals surface area contributed by atoms with Crippen molar-refractivity contribution in [2.45, 2.75) is 13.1 Å². The number of piperazine rings is 1. The maximum atomic E-state index is 13.0. The van der Waals surface area contributed by atoms with E-state index in [4.69, 9.17) is 4.74 Å². The molecular formula is C19H23FN2O2. The highest BCUT2D eigenvalue weighted by molar-refractivity contribution is 5.39. The summed E-state index contributed by atoms with van der Waals surface area (Å²) in [6, 6.07) is 12.0. The zero-order valence-electron chi connectivity index (χ0n) is 13.9. The Labute approximate surface area is 142 Å². The van der Waals surface area contributed by atoms with Crippen LogP contribution in [-0.2, 0) is 13.1 Å². The molecule has 0 aliphatic carbocycles. The molecule has 0 amide bonds. The normalized spacial score (nSPS) is 16.2. The molecule has 24 heavy (non-hydrogen) atoms. The second-order valence-corrected chi connectivity index (χ2v) is 6.17. The first kappa shape index (κ1) is 16.7. The van der Waals surface area contributed by atoms with Crippen LogP contribution in [0.25, 0.3) is 0 Å². The van der Waals surface area contributed by atoms with Crippen LogP contribution in [0.3, 0.4) is 0 Å². The highest BCUT2D eigenvalue weighted by atomic mass is 19.1. The predicted molar refractivity (Wildman–Crippen MR) is 91.6 cm³/mol. The average molecular weight is 330 g/mol. The highest BCUT2D eigenvalue weighted by Crippen LogP contribution is 2.24. The number of ether oxygens (including phenoxy) is 1. The lowest BCUT2D eigenvalue weighted by molar-refractivity contribution is 0.121. The van der Waals surface area contributed by atoms with Crippen LogP contribution in [0.4, 0.5) is 4.39 Å². The third kappa shape index (κ3) is 4.24. The van der Waals surface area contributed by atoms with Crippen LogP contribution < -0.4 is 4.74 Å². The second-order valence-electron chi connectivity index (χ2n) is 6.17. The number of phenolic OH excluding ortho intramolecular Hbond substituents is 1. The van der Waals surface area contributed by atoms with Crippen LogP contribution in [0.5, 0.6) is 11.5 Å². The van der Waals surface area contributed by atoms with Crippen LogP contribution in [0.2, 0.25) is 0 Å². The van der Waals surface area contributed by atoms with Gasteiger partial charge in [-0.2, -0.15) is 0 Å². The number of methoxy groups -OCH3 is 1. The minimum Gasteiger partial charge on any atom is -0.508 e. The van der Waals surface area contributed by atoms with E-state index in [1.807, 2.05) is 18.2 Å². The van der Waals surface area contributed by atoms with Gasteiger partial charge in [-0.25, -0.2) is 4.39 Å². The van der Waals surface area contributed by atoms with E-state index >= 15 is 0 Å². The first-order valence-electron chi connectivity index (χ1n) is 8.19. The van der Waals surface area contributed by atoms with Crippen molar-refractivity contribution in [1.29, 1.82) is 0 Å². The fraction of sp³-hybridized carbons (Fsp3) is 0.368. The quantitative estimate of drug-likeness (QED) is 0.914. The Morgan fingerprint density at radius 3 is 2.21 bits per heavy atom. The lowest BCUT2D eigenvalue weighted by atomic mass is 10.1. The van der Waals surface area contributed by atoms with Crippen LogP contribution in [0.15, 0.2) is 42.5 Å². The molecule has 0 aromatic heterocycles. The van der Waals surface area contributed by atoms with E-state index < -0.39 is 0 Å². The van der Waals surface area contributed by atoms with Crippen molar-refractivity contribution in [2.24, 2.45) is 0 Å².